The van der Waals surface area contributed by atoms with Gasteiger partial charge in [0.05, 0.1) is 4.90 Å². The molecule has 1 heterocycles. The van der Waals surface area contributed by atoms with Crippen LogP contribution in [0.15, 0.2) is 39.6 Å². The fraction of sp³-hybridized carbons (Fsp3) is 0.167. The van der Waals surface area contributed by atoms with Crippen LogP contribution in [0.3, 0.4) is 0 Å². The lowest BCUT2D eigenvalue weighted by Gasteiger charge is -2.02. The van der Waals surface area contributed by atoms with E-state index in [9.17, 15) is 8.42 Å². The normalized spacial score (nSPS) is 11.6. The molecule has 2 rings (SSSR count). The summed E-state index contributed by atoms with van der Waals surface area (Å²) in [5.74, 6) is 0.996. The number of hydrogen-bond donors (Lipinski definition) is 1. The maximum atomic E-state index is 11.5. The number of anilines is 1. The van der Waals surface area contributed by atoms with Crippen LogP contribution in [-0.4, -0.2) is 14.7 Å². The van der Waals surface area contributed by atoms with Crippen molar-refractivity contribution in [1.29, 1.82) is 0 Å². The number of sulfone groups is 1. The largest absolute Gasteiger partial charge is 0.446 e. The van der Waals surface area contributed by atoms with Gasteiger partial charge in [-0.25, -0.2) is 8.42 Å². The Labute approximate surface area is 100.0 Å². The number of nitrogen functional groups attached to an aromatic ring is 1. The number of nitrogens with two attached hydrogens (primary N) is 1. The Kier molecular flexibility index (Phi) is 2.71. The molecule has 0 amide bonds. The second-order valence-corrected chi connectivity index (χ2v) is 5.93. The van der Waals surface area contributed by atoms with Gasteiger partial charge < -0.3 is 10.2 Å². The highest BCUT2D eigenvalue weighted by Crippen LogP contribution is 2.29. The molecule has 0 bridgehead atoms. The van der Waals surface area contributed by atoms with Crippen molar-refractivity contribution in [2.75, 3.05) is 12.0 Å². The zero-order valence-corrected chi connectivity index (χ0v) is 10.4. The van der Waals surface area contributed by atoms with Crippen molar-refractivity contribution in [2.24, 2.45) is 0 Å². The van der Waals surface area contributed by atoms with Gasteiger partial charge in [-0.3, -0.25) is 0 Å². The first kappa shape index (κ1) is 11.7. The van der Waals surface area contributed by atoms with E-state index in [1.165, 1.54) is 6.26 Å². The van der Waals surface area contributed by atoms with Gasteiger partial charge in [-0.15, -0.1) is 0 Å². The van der Waals surface area contributed by atoms with Crippen LogP contribution in [0, 0.1) is 6.92 Å². The molecule has 2 N–H and O–H groups in total. The van der Waals surface area contributed by atoms with Crippen LogP contribution < -0.4 is 5.73 Å². The predicted octanol–water partition coefficient (Wildman–Crippen LogP) is 2.24. The molecule has 4 nitrogen and oxygen atoms in total. The number of furan rings is 1. The molecule has 1 aromatic heterocycles. The highest BCUT2D eigenvalue weighted by molar-refractivity contribution is 7.90. The molecular weight excluding hydrogens is 238 g/mol. The average molecular weight is 251 g/mol. The summed E-state index contributed by atoms with van der Waals surface area (Å²) in [5.41, 5.74) is 7.15. The van der Waals surface area contributed by atoms with E-state index in [4.69, 9.17) is 10.2 Å². The summed E-state index contributed by atoms with van der Waals surface area (Å²) in [4.78, 5) is 0.286. The molecule has 0 saturated heterocycles. The van der Waals surface area contributed by atoms with Gasteiger partial charge in [-0.05, 0) is 24.6 Å². The van der Waals surface area contributed by atoms with E-state index in [0.29, 0.717) is 11.6 Å². The Balaban J connectivity index is 2.58. The molecule has 0 atom stereocenters. The van der Waals surface area contributed by atoms with Crippen molar-refractivity contribution in [3.63, 3.8) is 0 Å². The second-order valence-electron chi connectivity index (χ2n) is 3.92. The molecular formula is C12H13NO3S. The SMILES string of the molecule is Cc1oc(N)cc1-c1cccc(S(C)(=O)=O)c1. The quantitative estimate of drug-likeness (QED) is 0.888. The van der Waals surface area contributed by atoms with Crippen LogP contribution in [0.5, 0.6) is 0 Å². The van der Waals surface area contributed by atoms with Gasteiger partial charge in [0, 0.05) is 17.9 Å². The minimum absolute atomic E-state index is 0.286. The topological polar surface area (TPSA) is 73.3 Å². The summed E-state index contributed by atoms with van der Waals surface area (Å²) >= 11 is 0. The summed E-state index contributed by atoms with van der Waals surface area (Å²) in [6.45, 7) is 1.79. The van der Waals surface area contributed by atoms with Gasteiger partial charge in [0.2, 0.25) is 0 Å². The summed E-state index contributed by atoms with van der Waals surface area (Å²) in [6, 6.07) is 8.40. The molecule has 17 heavy (non-hydrogen) atoms. The van der Waals surface area contributed by atoms with E-state index in [1.807, 2.05) is 6.07 Å². The first-order valence-electron chi connectivity index (χ1n) is 5.04. The molecule has 5 heteroatoms. The van der Waals surface area contributed by atoms with Crippen LogP contribution in [0.25, 0.3) is 11.1 Å². The molecule has 2 aromatic rings. The highest BCUT2D eigenvalue weighted by atomic mass is 32.2. The molecule has 0 aliphatic carbocycles. The second kappa shape index (κ2) is 3.92. The Bertz CT molecular complexity index is 656. The lowest BCUT2D eigenvalue weighted by molar-refractivity contribution is 0.554. The van der Waals surface area contributed by atoms with E-state index in [2.05, 4.69) is 0 Å². The summed E-state index contributed by atoms with van der Waals surface area (Å²) in [7, 11) is -3.20. The third-order valence-corrected chi connectivity index (χ3v) is 3.62. The van der Waals surface area contributed by atoms with Crippen LogP contribution in [0.2, 0.25) is 0 Å². The number of hydrogen-bond acceptors (Lipinski definition) is 4. The molecule has 0 unspecified atom stereocenters. The monoisotopic (exact) mass is 251 g/mol. The highest BCUT2D eigenvalue weighted by Gasteiger charge is 2.11. The lowest BCUT2D eigenvalue weighted by Crippen LogP contribution is -1.96. The average Bonchev–Trinajstić information content (AvgIpc) is 2.57. The Morgan fingerprint density at radius 3 is 2.47 bits per heavy atom. The predicted molar refractivity (Wildman–Crippen MR) is 66.4 cm³/mol. The molecule has 0 saturated carbocycles. The van der Waals surface area contributed by atoms with Crippen molar-refractivity contribution in [3.8, 4) is 11.1 Å². The molecule has 0 spiro atoms. The summed E-state index contributed by atoms with van der Waals surface area (Å²) in [6.07, 6.45) is 1.18. The van der Waals surface area contributed by atoms with E-state index in [-0.39, 0.29) is 4.90 Å². The Morgan fingerprint density at radius 1 is 1.24 bits per heavy atom. The van der Waals surface area contributed by atoms with Gasteiger partial charge in [-0.2, -0.15) is 0 Å². The van der Waals surface area contributed by atoms with E-state index in [1.54, 1.807) is 31.2 Å². The number of aryl methyl sites for hydroxylation is 1. The van der Waals surface area contributed by atoms with Gasteiger partial charge in [0.1, 0.15) is 5.76 Å². The van der Waals surface area contributed by atoms with Gasteiger partial charge in [0.25, 0.3) is 0 Å². The summed E-state index contributed by atoms with van der Waals surface area (Å²) in [5, 5.41) is 0. The zero-order chi connectivity index (χ0) is 12.6. The molecule has 0 aliphatic rings. The fourth-order valence-corrected chi connectivity index (χ4v) is 2.35. The van der Waals surface area contributed by atoms with Crippen LogP contribution in [0.4, 0.5) is 5.88 Å². The smallest absolute Gasteiger partial charge is 0.191 e. The maximum absolute atomic E-state index is 11.5. The molecule has 0 aliphatic heterocycles. The van der Waals surface area contributed by atoms with Crippen LogP contribution >= 0.6 is 0 Å². The van der Waals surface area contributed by atoms with Crippen LogP contribution in [0.1, 0.15) is 5.76 Å². The van der Waals surface area contributed by atoms with Crippen molar-refractivity contribution in [1.82, 2.24) is 0 Å². The number of benzene rings is 1. The Morgan fingerprint density at radius 2 is 1.94 bits per heavy atom. The minimum Gasteiger partial charge on any atom is -0.446 e. The van der Waals surface area contributed by atoms with Crippen molar-refractivity contribution in [3.05, 3.63) is 36.1 Å². The Hall–Kier alpha value is -1.75. The van der Waals surface area contributed by atoms with Crippen molar-refractivity contribution < 1.29 is 12.8 Å². The molecule has 1 aromatic carbocycles. The van der Waals surface area contributed by atoms with Gasteiger partial charge >= 0.3 is 0 Å². The zero-order valence-electron chi connectivity index (χ0n) is 9.60. The molecule has 0 fully saturated rings. The third-order valence-electron chi connectivity index (χ3n) is 2.51. The minimum atomic E-state index is -3.20. The fourth-order valence-electron chi connectivity index (χ4n) is 1.69. The molecule has 90 valence electrons. The summed E-state index contributed by atoms with van der Waals surface area (Å²) < 4.78 is 28.1. The molecule has 0 radical (unpaired) electrons. The third kappa shape index (κ3) is 2.34. The van der Waals surface area contributed by atoms with Crippen LogP contribution in [-0.2, 0) is 9.84 Å². The van der Waals surface area contributed by atoms with Gasteiger partial charge in [-0.1, -0.05) is 12.1 Å². The van der Waals surface area contributed by atoms with E-state index >= 15 is 0 Å². The van der Waals surface area contributed by atoms with Crippen molar-refractivity contribution in [2.45, 2.75) is 11.8 Å². The lowest BCUT2D eigenvalue weighted by atomic mass is 10.1. The first-order valence-corrected chi connectivity index (χ1v) is 6.93. The van der Waals surface area contributed by atoms with Gasteiger partial charge in [0.15, 0.2) is 15.7 Å². The van der Waals surface area contributed by atoms with E-state index < -0.39 is 9.84 Å². The number of rotatable bonds is 2. The standard InChI is InChI=1S/C12H13NO3S/c1-8-11(7-12(13)16-8)9-4-3-5-10(6-9)17(2,14)15/h3-7H,13H2,1-2H3. The maximum Gasteiger partial charge on any atom is 0.191 e. The van der Waals surface area contributed by atoms with Crippen molar-refractivity contribution >= 4 is 15.7 Å². The first-order chi connectivity index (χ1) is 7.88. The van der Waals surface area contributed by atoms with E-state index in [0.717, 1.165) is 11.1 Å².